The molecule has 106 valence electrons. The Hall–Kier alpha value is -2.13. The number of hydrogen-bond donors (Lipinski definition) is 2. The molecule has 0 spiro atoms. The molecule has 0 amide bonds. The molecule has 2 atom stereocenters. The maximum Gasteiger partial charge on any atom is 0.103 e. The molecule has 4 rings (SSSR count). The van der Waals surface area contributed by atoms with Gasteiger partial charge in [0.25, 0.3) is 0 Å². The molecule has 3 heteroatoms. The Morgan fingerprint density at radius 3 is 2.62 bits per heavy atom. The van der Waals surface area contributed by atoms with Gasteiger partial charge in [0.2, 0.25) is 0 Å². The van der Waals surface area contributed by atoms with Crippen molar-refractivity contribution in [1.82, 2.24) is 4.90 Å². The number of likely N-dealkylation sites (tertiary alicyclic amines) is 1. The predicted molar refractivity (Wildman–Crippen MR) is 84.5 cm³/mol. The van der Waals surface area contributed by atoms with Crippen LogP contribution in [0.15, 0.2) is 54.6 Å². The molecular weight excluding hydrogens is 258 g/mol. The highest BCUT2D eigenvalue weighted by Gasteiger charge is 2.58. The van der Waals surface area contributed by atoms with Gasteiger partial charge in [-0.2, -0.15) is 0 Å². The van der Waals surface area contributed by atoms with E-state index < -0.39 is 0 Å². The van der Waals surface area contributed by atoms with Crippen LogP contribution in [0.25, 0.3) is 0 Å². The minimum Gasteiger partial charge on any atom is -0.387 e. The fourth-order valence-electron chi connectivity index (χ4n) is 4.09. The Labute approximate surface area is 124 Å². The predicted octanol–water partition coefficient (Wildman–Crippen LogP) is 2.47. The van der Waals surface area contributed by atoms with Gasteiger partial charge in [-0.1, -0.05) is 54.6 Å². The monoisotopic (exact) mass is 277 g/mol. The Morgan fingerprint density at radius 1 is 1.14 bits per heavy atom. The van der Waals surface area contributed by atoms with Crippen LogP contribution in [0.4, 0.5) is 0 Å². The van der Waals surface area contributed by atoms with Gasteiger partial charge in [-0.3, -0.25) is 10.3 Å². The van der Waals surface area contributed by atoms with Gasteiger partial charge in [0.15, 0.2) is 0 Å². The van der Waals surface area contributed by atoms with Gasteiger partial charge in [-0.25, -0.2) is 0 Å². The maximum absolute atomic E-state index is 8.12. The molecule has 1 heterocycles. The van der Waals surface area contributed by atoms with Gasteiger partial charge in [0.1, 0.15) is 5.84 Å². The largest absolute Gasteiger partial charge is 0.387 e. The maximum atomic E-state index is 8.12. The van der Waals surface area contributed by atoms with Crippen molar-refractivity contribution in [2.45, 2.75) is 17.9 Å². The van der Waals surface area contributed by atoms with Crippen LogP contribution in [0.3, 0.4) is 0 Å². The number of nitrogens with zero attached hydrogens (tertiary/aromatic N) is 1. The second kappa shape index (κ2) is 4.43. The highest BCUT2D eigenvalue weighted by molar-refractivity contribution is 5.95. The first-order chi connectivity index (χ1) is 10.2. The number of hydrogen-bond acceptors (Lipinski definition) is 2. The van der Waals surface area contributed by atoms with E-state index in [1.807, 2.05) is 6.07 Å². The number of fused-ring (bicyclic) bond motifs is 4. The molecule has 3 N–H and O–H groups in total. The van der Waals surface area contributed by atoms with Crippen LogP contribution in [0.2, 0.25) is 0 Å². The average molecular weight is 277 g/mol. The van der Waals surface area contributed by atoms with Gasteiger partial charge in [-0.15, -0.1) is 0 Å². The summed E-state index contributed by atoms with van der Waals surface area (Å²) >= 11 is 0. The second-order valence-electron chi connectivity index (χ2n) is 6.18. The minimum atomic E-state index is -0.245. The summed E-state index contributed by atoms with van der Waals surface area (Å²) in [6, 6.07) is 19.0. The van der Waals surface area contributed by atoms with Gasteiger partial charge in [0, 0.05) is 25.6 Å². The fraction of sp³-hybridized carbons (Fsp3) is 0.278. The van der Waals surface area contributed by atoms with E-state index in [0.717, 1.165) is 19.6 Å². The van der Waals surface area contributed by atoms with Crippen molar-refractivity contribution in [2.24, 2.45) is 5.73 Å². The van der Waals surface area contributed by atoms with Crippen molar-refractivity contribution >= 4 is 5.84 Å². The summed E-state index contributed by atoms with van der Waals surface area (Å²) in [5, 5.41) is 8.12. The quantitative estimate of drug-likeness (QED) is 0.669. The van der Waals surface area contributed by atoms with Crippen LogP contribution in [0.1, 0.15) is 22.6 Å². The lowest BCUT2D eigenvalue weighted by molar-refractivity contribution is 0.320. The number of nitrogens with one attached hydrogen (secondary N) is 1. The lowest BCUT2D eigenvalue weighted by Gasteiger charge is -2.45. The molecule has 21 heavy (non-hydrogen) atoms. The fourth-order valence-corrected chi connectivity index (χ4v) is 4.09. The zero-order valence-corrected chi connectivity index (χ0v) is 11.9. The summed E-state index contributed by atoms with van der Waals surface area (Å²) in [4.78, 5) is 2.43. The lowest BCUT2D eigenvalue weighted by Crippen LogP contribution is -2.53. The molecular formula is C18H19N3. The molecule has 0 radical (unpaired) electrons. The lowest BCUT2D eigenvalue weighted by atomic mass is 9.57. The third-order valence-corrected chi connectivity index (χ3v) is 5.06. The van der Waals surface area contributed by atoms with Crippen molar-refractivity contribution in [2.75, 3.05) is 13.1 Å². The van der Waals surface area contributed by atoms with Crippen LogP contribution in [-0.4, -0.2) is 23.8 Å². The van der Waals surface area contributed by atoms with E-state index in [9.17, 15) is 0 Å². The third-order valence-electron chi connectivity index (χ3n) is 5.06. The summed E-state index contributed by atoms with van der Waals surface area (Å²) in [6.07, 6.45) is 0. The number of benzene rings is 2. The van der Waals surface area contributed by atoms with Crippen molar-refractivity contribution in [3.63, 3.8) is 0 Å². The van der Waals surface area contributed by atoms with Crippen LogP contribution < -0.4 is 5.73 Å². The third kappa shape index (κ3) is 1.67. The van der Waals surface area contributed by atoms with E-state index in [2.05, 4.69) is 53.4 Å². The van der Waals surface area contributed by atoms with Crippen LogP contribution in [0, 0.1) is 5.41 Å². The summed E-state index contributed by atoms with van der Waals surface area (Å²) in [5.41, 5.74) is 9.72. The second-order valence-corrected chi connectivity index (χ2v) is 6.18. The Morgan fingerprint density at radius 2 is 1.86 bits per heavy atom. The van der Waals surface area contributed by atoms with Crippen molar-refractivity contribution in [3.8, 4) is 0 Å². The standard InChI is InChI=1S/C18H19N3/c19-17(20)18-12-21(10-13-6-2-1-3-7-13)11-16(18)14-8-4-5-9-15(14)18/h1-9,16H,10-12H2,(H3,19,20)/t16-,18-/m1/s1. The molecule has 2 aliphatic rings. The van der Waals surface area contributed by atoms with Crippen molar-refractivity contribution < 1.29 is 0 Å². The van der Waals surface area contributed by atoms with E-state index in [1.165, 1.54) is 16.7 Å². The molecule has 1 fully saturated rings. The minimum absolute atomic E-state index is 0.245. The average Bonchev–Trinajstić information content (AvgIpc) is 2.82. The van der Waals surface area contributed by atoms with E-state index in [1.54, 1.807) is 0 Å². The zero-order chi connectivity index (χ0) is 14.4. The molecule has 1 aliphatic carbocycles. The SMILES string of the molecule is N=C(N)[C@@]12CN(Cc3ccccc3)C[C@@H]1c1ccccc12. The Bertz CT molecular complexity index is 695. The first-order valence-corrected chi connectivity index (χ1v) is 7.42. The normalized spacial score (nSPS) is 26.8. The van der Waals surface area contributed by atoms with E-state index in [0.29, 0.717) is 11.8 Å². The van der Waals surface area contributed by atoms with E-state index >= 15 is 0 Å². The summed E-state index contributed by atoms with van der Waals surface area (Å²) in [7, 11) is 0. The van der Waals surface area contributed by atoms with Crippen molar-refractivity contribution in [3.05, 3.63) is 71.3 Å². The van der Waals surface area contributed by atoms with E-state index in [-0.39, 0.29) is 5.41 Å². The molecule has 2 aromatic rings. The Kier molecular flexibility index (Phi) is 2.66. The van der Waals surface area contributed by atoms with Gasteiger partial charge < -0.3 is 5.73 Å². The molecule has 2 aromatic carbocycles. The molecule has 1 saturated heterocycles. The summed E-state index contributed by atoms with van der Waals surface area (Å²) in [6.45, 7) is 2.78. The van der Waals surface area contributed by atoms with Gasteiger partial charge >= 0.3 is 0 Å². The molecule has 0 saturated carbocycles. The van der Waals surface area contributed by atoms with Gasteiger partial charge in [0.05, 0.1) is 5.41 Å². The molecule has 1 aliphatic heterocycles. The number of nitrogens with two attached hydrogens (primary N) is 1. The van der Waals surface area contributed by atoms with E-state index in [4.69, 9.17) is 11.1 Å². The topological polar surface area (TPSA) is 53.1 Å². The van der Waals surface area contributed by atoms with Crippen LogP contribution in [-0.2, 0) is 12.0 Å². The number of rotatable bonds is 3. The van der Waals surface area contributed by atoms with Crippen LogP contribution >= 0.6 is 0 Å². The molecule has 0 bridgehead atoms. The first-order valence-electron chi connectivity index (χ1n) is 7.42. The zero-order valence-electron chi connectivity index (χ0n) is 11.9. The summed E-state index contributed by atoms with van der Waals surface area (Å²) in [5.74, 6) is 0.705. The Balaban J connectivity index is 1.64. The number of amidine groups is 1. The van der Waals surface area contributed by atoms with Gasteiger partial charge in [-0.05, 0) is 16.7 Å². The molecule has 3 nitrogen and oxygen atoms in total. The van der Waals surface area contributed by atoms with Crippen molar-refractivity contribution in [1.29, 1.82) is 5.41 Å². The summed E-state index contributed by atoms with van der Waals surface area (Å²) < 4.78 is 0. The molecule has 0 unspecified atom stereocenters. The van der Waals surface area contributed by atoms with Crippen LogP contribution in [0.5, 0.6) is 0 Å². The highest BCUT2D eigenvalue weighted by Crippen LogP contribution is 2.56. The smallest absolute Gasteiger partial charge is 0.103 e. The molecule has 0 aromatic heterocycles. The highest BCUT2D eigenvalue weighted by atomic mass is 15.2. The first kappa shape index (κ1) is 12.6.